The van der Waals surface area contributed by atoms with E-state index in [9.17, 15) is 15.2 Å². The molecule has 0 bridgehead atoms. The number of ether oxygens (including phenoxy) is 1. The van der Waals surface area contributed by atoms with Crippen molar-refractivity contribution in [3.8, 4) is 5.75 Å². The molecule has 0 spiro atoms. The van der Waals surface area contributed by atoms with Crippen molar-refractivity contribution in [1.82, 2.24) is 0 Å². The number of non-ortho nitro benzene ring substituents is 1. The second-order valence-corrected chi connectivity index (χ2v) is 4.60. The van der Waals surface area contributed by atoms with Crippen molar-refractivity contribution < 1.29 is 19.9 Å². The molecule has 0 aliphatic carbocycles. The van der Waals surface area contributed by atoms with Gasteiger partial charge in [-0.15, -0.1) is 0 Å². The Kier molecular flexibility index (Phi) is 5.29. The summed E-state index contributed by atoms with van der Waals surface area (Å²) in [6.45, 7) is -0.328. The molecule has 0 unspecified atom stereocenters. The summed E-state index contributed by atoms with van der Waals surface area (Å²) in [5, 5.41) is 31.6. The van der Waals surface area contributed by atoms with Crippen molar-refractivity contribution >= 4 is 17.1 Å². The molecule has 2 aromatic rings. The zero-order chi connectivity index (χ0) is 15.9. The highest BCUT2D eigenvalue weighted by atomic mass is 16.6. The van der Waals surface area contributed by atoms with Crippen molar-refractivity contribution in [2.24, 2.45) is 0 Å². The van der Waals surface area contributed by atoms with E-state index < -0.39 is 11.0 Å². The van der Waals surface area contributed by atoms with Crippen LogP contribution in [0, 0.1) is 10.1 Å². The van der Waals surface area contributed by atoms with Gasteiger partial charge in [0.05, 0.1) is 11.5 Å². The van der Waals surface area contributed by atoms with Gasteiger partial charge in [0.15, 0.2) is 0 Å². The number of aliphatic hydroxyl groups is 2. The number of anilines is 2. The Balaban J connectivity index is 1.94. The largest absolute Gasteiger partial charge is 0.491 e. The molecule has 0 fully saturated rings. The smallest absolute Gasteiger partial charge is 0.269 e. The first kappa shape index (κ1) is 15.7. The number of hydrogen-bond acceptors (Lipinski definition) is 6. The van der Waals surface area contributed by atoms with E-state index in [1.807, 2.05) is 0 Å². The van der Waals surface area contributed by atoms with Gasteiger partial charge < -0.3 is 20.3 Å². The molecule has 1 atom stereocenters. The lowest BCUT2D eigenvalue weighted by Gasteiger charge is -2.11. The van der Waals surface area contributed by atoms with Crippen LogP contribution in [0.3, 0.4) is 0 Å². The van der Waals surface area contributed by atoms with Gasteiger partial charge in [-0.3, -0.25) is 10.1 Å². The predicted octanol–water partition coefficient (Wildman–Crippen LogP) is 2.07. The SMILES string of the molecule is O=[N+]([O-])c1ccc(Nc2ccc(OC[C@H](O)CO)cc2)cc1. The van der Waals surface area contributed by atoms with Crippen molar-refractivity contribution in [3.05, 3.63) is 58.6 Å². The van der Waals surface area contributed by atoms with E-state index in [-0.39, 0.29) is 18.9 Å². The number of benzene rings is 2. The summed E-state index contributed by atoms with van der Waals surface area (Å²) in [7, 11) is 0. The summed E-state index contributed by atoms with van der Waals surface area (Å²) in [6.07, 6.45) is -0.905. The Hall–Kier alpha value is -2.64. The lowest BCUT2D eigenvalue weighted by molar-refractivity contribution is -0.384. The highest BCUT2D eigenvalue weighted by molar-refractivity contribution is 5.61. The Morgan fingerprint density at radius 2 is 1.64 bits per heavy atom. The summed E-state index contributed by atoms with van der Waals surface area (Å²) in [5.41, 5.74) is 1.57. The molecule has 2 rings (SSSR count). The normalized spacial score (nSPS) is 11.7. The molecule has 0 aromatic heterocycles. The average molecular weight is 304 g/mol. The van der Waals surface area contributed by atoms with Crippen molar-refractivity contribution in [2.45, 2.75) is 6.10 Å². The third-order valence-corrected chi connectivity index (χ3v) is 2.87. The summed E-state index contributed by atoms with van der Waals surface area (Å²) in [4.78, 5) is 10.1. The van der Waals surface area contributed by atoms with E-state index >= 15 is 0 Å². The van der Waals surface area contributed by atoms with Crippen LogP contribution in [0.4, 0.5) is 17.1 Å². The number of nitro benzene ring substituents is 1. The van der Waals surface area contributed by atoms with Gasteiger partial charge in [-0.1, -0.05) is 0 Å². The fourth-order valence-corrected chi connectivity index (χ4v) is 1.71. The second kappa shape index (κ2) is 7.39. The molecule has 2 aromatic carbocycles. The molecular formula is C15H16N2O5. The predicted molar refractivity (Wildman–Crippen MR) is 81.4 cm³/mol. The van der Waals surface area contributed by atoms with E-state index in [1.54, 1.807) is 36.4 Å². The van der Waals surface area contributed by atoms with Crippen LogP contribution in [-0.2, 0) is 0 Å². The van der Waals surface area contributed by atoms with Crippen LogP contribution >= 0.6 is 0 Å². The molecule has 0 amide bonds. The summed E-state index contributed by atoms with van der Waals surface area (Å²) >= 11 is 0. The molecule has 0 saturated heterocycles. The Morgan fingerprint density at radius 3 is 2.14 bits per heavy atom. The fourth-order valence-electron chi connectivity index (χ4n) is 1.71. The Labute approximate surface area is 126 Å². The van der Waals surface area contributed by atoms with E-state index in [4.69, 9.17) is 9.84 Å². The molecule has 0 radical (unpaired) electrons. The van der Waals surface area contributed by atoms with Crippen molar-refractivity contribution in [3.63, 3.8) is 0 Å². The Morgan fingerprint density at radius 1 is 1.09 bits per heavy atom. The second-order valence-electron chi connectivity index (χ2n) is 4.60. The molecule has 3 N–H and O–H groups in total. The molecule has 0 saturated carbocycles. The molecule has 116 valence electrons. The van der Waals surface area contributed by atoms with Gasteiger partial charge in [0.2, 0.25) is 0 Å². The third-order valence-electron chi connectivity index (χ3n) is 2.87. The first-order valence-corrected chi connectivity index (χ1v) is 6.62. The van der Waals surface area contributed by atoms with Crippen LogP contribution < -0.4 is 10.1 Å². The highest BCUT2D eigenvalue weighted by Crippen LogP contribution is 2.22. The van der Waals surface area contributed by atoms with E-state index in [1.165, 1.54) is 12.1 Å². The number of hydrogen-bond donors (Lipinski definition) is 3. The molecular weight excluding hydrogens is 288 g/mol. The van der Waals surface area contributed by atoms with E-state index in [0.29, 0.717) is 5.75 Å². The van der Waals surface area contributed by atoms with Crippen LogP contribution in [0.1, 0.15) is 0 Å². The van der Waals surface area contributed by atoms with Crippen molar-refractivity contribution in [2.75, 3.05) is 18.5 Å². The van der Waals surface area contributed by atoms with Crippen molar-refractivity contribution in [1.29, 1.82) is 0 Å². The van der Waals surface area contributed by atoms with Gasteiger partial charge in [0.1, 0.15) is 18.5 Å². The lowest BCUT2D eigenvalue weighted by atomic mass is 10.2. The lowest BCUT2D eigenvalue weighted by Crippen LogP contribution is -2.21. The molecule has 0 aliphatic heterocycles. The van der Waals surface area contributed by atoms with Crippen LogP contribution in [-0.4, -0.2) is 34.5 Å². The fraction of sp³-hybridized carbons (Fsp3) is 0.200. The van der Waals surface area contributed by atoms with Gasteiger partial charge in [0, 0.05) is 23.5 Å². The topological polar surface area (TPSA) is 105 Å². The summed E-state index contributed by atoms with van der Waals surface area (Å²) < 4.78 is 5.29. The van der Waals surface area contributed by atoms with Crippen LogP contribution in [0.15, 0.2) is 48.5 Å². The molecule has 7 heteroatoms. The maximum Gasteiger partial charge on any atom is 0.269 e. The summed E-state index contributed by atoms with van der Waals surface area (Å²) in [5.74, 6) is 0.571. The number of nitrogens with zero attached hydrogens (tertiary/aromatic N) is 1. The number of nitro groups is 1. The van der Waals surface area contributed by atoms with Crippen LogP contribution in [0.2, 0.25) is 0 Å². The van der Waals surface area contributed by atoms with Gasteiger partial charge >= 0.3 is 0 Å². The summed E-state index contributed by atoms with van der Waals surface area (Å²) in [6, 6.07) is 13.1. The molecule has 0 aliphatic rings. The average Bonchev–Trinajstić information content (AvgIpc) is 2.54. The zero-order valence-electron chi connectivity index (χ0n) is 11.7. The standard InChI is InChI=1S/C15H16N2O5/c18-9-14(19)10-22-15-7-3-12(4-8-15)16-11-1-5-13(6-2-11)17(20)21/h1-8,14,16,18-19H,9-10H2/t14-/m1/s1. The minimum Gasteiger partial charge on any atom is -0.491 e. The minimum absolute atomic E-state index is 0.0195. The first-order chi connectivity index (χ1) is 10.6. The zero-order valence-corrected chi connectivity index (χ0v) is 11.7. The van der Waals surface area contributed by atoms with Crippen LogP contribution in [0.25, 0.3) is 0 Å². The van der Waals surface area contributed by atoms with E-state index in [0.717, 1.165) is 11.4 Å². The monoisotopic (exact) mass is 304 g/mol. The Bertz CT molecular complexity index is 613. The maximum atomic E-state index is 10.6. The van der Waals surface area contributed by atoms with Gasteiger partial charge in [0.25, 0.3) is 5.69 Å². The van der Waals surface area contributed by atoms with Gasteiger partial charge in [-0.2, -0.15) is 0 Å². The number of rotatable bonds is 7. The minimum atomic E-state index is -0.905. The quantitative estimate of drug-likeness (QED) is 0.534. The third kappa shape index (κ3) is 4.44. The first-order valence-electron chi connectivity index (χ1n) is 6.62. The van der Waals surface area contributed by atoms with Gasteiger partial charge in [-0.05, 0) is 36.4 Å². The molecule has 7 nitrogen and oxygen atoms in total. The number of nitrogens with one attached hydrogen (secondary N) is 1. The molecule has 22 heavy (non-hydrogen) atoms. The van der Waals surface area contributed by atoms with Crippen LogP contribution in [0.5, 0.6) is 5.75 Å². The van der Waals surface area contributed by atoms with E-state index in [2.05, 4.69) is 5.32 Å². The number of aliphatic hydroxyl groups excluding tert-OH is 2. The highest BCUT2D eigenvalue weighted by Gasteiger charge is 2.05. The molecule has 0 heterocycles. The maximum absolute atomic E-state index is 10.6. The van der Waals surface area contributed by atoms with Gasteiger partial charge in [-0.25, -0.2) is 0 Å².